The summed E-state index contributed by atoms with van der Waals surface area (Å²) in [6.45, 7) is 3.35. The number of carbonyl (C=O) groups is 2. The number of benzene rings is 2. The van der Waals surface area contributed by atoms with E-state index in [1.165, 1.54) is 4.57 Å². The number of carbonyl (C=O) groups excluding carboxylic acids is 2. The van der Waals surface area contributed by atoms with Crippen molar-refractivity contribution in [2.24, 2.45) is 0 Å². The van der Waals surface area contributed by atoms with Gasteiger partial charge < -0.3 is 24.7 Å². The van der Waals surface area contributed by atoms with E-state index in [1.807, 2.05) is 19.1 Å². The molecule has 0 radical (unpaired) electrons. The zero-order valence-corrected chi connectivity index (χ0v) is 19.3. The molecule has 9 nitrogen and oxygen atoms in total. The van der Waals surface area contributed by atoms with E-state index in [2.05, 4.69) is 10.6 Å². The van der Waals surface area contributed by atoms with E-state index in [0.717, 1.165) is 41.8 Å². The predicted octanol–water partition coefficient (Wildman–Crippen LogP) is 2.90. The third-order valence-corrected chi connectivity index (χ3v) is 6.67. The van der Waals surface area contributed by atoms with Crippen molar-refractivity contribution in [1.29, 1.82) is 0 Å². The zero-order chi connectivity index (χ0) is 23.8. The highest BCUT2D eigenvalue weighted by atomic mass is 16.5. The molecule has 1 aromatic heterocycles. The molecule has 2 aliphatic rings. The average Bonchev–Trinajstić information content (AvgIpc) is 3.41. The number of aryl methyl sites for hydroxylation is 1. The normalized spacial score (nSPS) is 17.4. The lowest BCUT2D eigenvalue weighted by molar-refractivity contribution is -0.132. The molecule has 3 heterocycles. The first-order valence-corrected chi connectivity index (χ1v) is 11.6. The summed E-state index contributed by atoms with van der Waals surface area (Å²) >= 11 is 0. The first kappa shape index (κ1) is 22.1. The number of hydrogen-bond donors (Lipinski definition) is 2. The van der Waals surface area contributed by atoms with Crippen LogP contribution in [0.25, 0.3) is 11.1 Å². The van der Waals surface area contributed by atoms with Gasteiger partial charge in [0.05, 0.1) is 12.6 Å². The summed E-state index contributed by atoms with van der Waals surface area (Å²) in [4.78, 5) is 39.9. The second-order valence-electron chi connectivity index (χ2n) is 8.94. The number of hydrogen-bond acceptors (Lipinski definition) is 6. The Morgan fingerprint density at radius 1 is 1.18 bits per heavy atom. The lowest BCUT2D eigenvalue weighted by Crippen LogP contribution is -2.39. The Balaban J connectivity index is 1.33. The van der Waals surface area contributed by atoms with E-state index < -0.39 is 11.8 Å². The number of ether oxygens (including phenoxy) is 1. The van der Waals surface area contributed by atoms with Gasteiger partial charge in [0, 0.05) is 37.0 Å². The number of likely N-dealkylation sites (tertiary alicyclic amines) is 1. The van der Waals surface area contributed by atoms with Gasteiger partial charge in [-0.3, -0.25) is 14.2 Å². The average molecular weight is 465 g/mol. The van der Waals surface area contributed by atoms with Crippen LogP contribution in [0.1, 0.15) is 30.4 Å². The number of oxazole rings is 1. The van der Waals surface area contributed by atoms with Crippen molar-refractivity contribution in [3.63, 3.8) is 0 Å². The van der Waals surface area contributed by atoms with E-state index in [0.29, 0.717) is 36.3 Å². The van der Waals surface area contributed by atoms with Gasteiger partial charge in [-0.25, -0.2) is 4.79 Å². The van der Waals surface area contributed by atoms with Gasteiger partial charge in [0.15, 0.2) is 5.58 Å². The summed E-state index contributed by atoms with van der Waals surface area (Å²) in [5.41, 5.74) is 4.45. The molecule has 2 aromatic carbocycles. The van der Waals surface area contributed by atoms with E-state index >= 15 is 0 Å². The SMILES string of the molecule is COc1cc(C)c2c(c1)NC(C(=O)Nc1ccc3oc(=O)n(CC(=O)N4CCCCC4)c3c1)C2. The van der Waals surface area contributed by atoms with Crippen LogP contribution in [0.4, 0.5) is 11.4 Å². The molecule has 5 rings (SSSR count). The fourth-order valence-electron chi connectivity index (χ4n) is 4.80. The van der Waals surface area contributed by atoms with Crippen LogP contribution in [0.15, 0.2) is 39.5 Å². The first-order valence-electron chi connectivity index (χ1n) is 11.6. The number of rotatable bonds is 5. The highest BCUT2D eigenvalue weighted by molar-refractivity contribution is 5.99. The number of nitrogens with one attached hydrogen (secondary N) is 2. The minimum absolute atomic E-state index is 0.0795. The van der Waals surface area contributed by atoms with Crippen LogP contribution in [0.2, 0.25) is 0 Å². The molecule has 2 N–H and O–H groups in total. The van der Waals surface area contributed by atoms with Crippen molar-refractivity contribution in [2.75, 3.05) is 30.8 Å². The van der Waals surface area contributed by atoms with Crippen LogP contribution in [-0.4, -0.2) is 47.5 Å². The number of nitrogens with zero attached hydrogens (tertiary/aromatic N) is 2. The van der Waals surface area contributed by atoms with Crippen molar-refractivity contribution in [1.82, 2.24) is 9.47 Å². The maximum Gasteiger partial charge on any atom is 0.420 e. The molecule has 1 saturated heterocycles. The quantitative estimate of drug-likeness (QED) is 0.602. The van der Waals surface area contributed by atoms with E-state index in [1.54, 1.807) is 30.2 Å². The Hall–Kier alpha value is -3.75. The standard InChI is InChI=1S/C25H28N4O5/c1-15-10-17(33-2)12-19-18(15)13-20(27-19)24(31)26-16-6-7-22-21(11-16)29(25(32)34-22)14-23(30)28-8-4-3-5-9-28/h6-7,10-12,20,27H,3-5,8-9,13-14H2,1-2H3,(H,26,31). The first-order chi connectivity index (χ1) is 16.4. The molecule has 2 amide bonds. The summed E-state index contributed by atoms with van der Waals surface area (Å²) in [5, 5.41) is 6.20. The van der Waals surface area contributed by atoms with Gasteiger partial charge in [0.25, 0.3) is 0 Å². The third kappa shape index (κ3) is 4.13. The summed E-state index contributed by atoms with van der Waals surface area (Å²) < 4.78 is 12.0. The molecule has 3 aromatic rings. The topological polar surface area (TPSA) is 106 Å². The fraction of sp³-hybridized carbons (Fsp3) is 0.400. The van der Waals surface area contributed by atoms with Crippen LogP contribution in [-0.2, 0) is 22.6 Å². The Morgan fingerprint density at radius 2 is 1.97 bits per heavy atom. The molecular formula is C25H28N4O5. The molecule has 2 aliphatic heterocycles. The minimum atomic E-state index is -0.582. The highest BCUT2D eigenvalue weighted by Gasteiger charge is 2.29. The fourth-order valence-corrected chi connectivity index (χ4v) is 4.80. The van der Waals surface area contributed by atoms with Crippen molar-refractivity contribution in [3.05, 3.63) is 52.0 Å². The summed E-state index contributed by atoms with van der Waals surface area (Å²) in [7, 11) is 1.62. The number of aromatic nitrogens is 1. The lowest BCUT2D eigenvalue weighted by atomic mass is 10.0. The molecular weight excluding hydrogens is 436 g/mol. The maximum absolute atomic E-state index is 13.0. The van der Waals surface area contributed by atoms with Crippen LogP contribution in [0.3, 0.4) is 0 Å². The lowest BCUT2D eigenvalue weighted by Gasteiger charge is -2.26. The molecule has 0 saturated carbocycles. The number of methoxy groups -OCH3 is 1. The van der Waals surface area contributed by atoms with Gasteiger partial charge in [-0.05, 0) is 61.6 Å². The van der Waals surface area contributed by atoms with Gasteiger partial charge in [0.2, 0.25) is 11.8 Å². The number of amides is 2. The van der Waals surface area contributed by atoms with E-state index in [9.17, 15) is 14.4 Å². The van der Waals surface area contributed by atoms with Crippen molar-refractivity contribution in [2.45, 2.75) is 45.2 Å². The zero-order valence-electron chi connectivity index (χ0n) is 19.3. The Morgan fingerprint density at radius 3 is 2.74 bits per heavy atom. The minimum Gasteiger partial charge on any atom is -0.497 e. The summed E-state index contributed by atoms with van der Waals surface area (Å²) in [6, 6.07) is 8.43. The largest absolute Gasteiger partial charge is 0.497 e. The molecule has 178 valence electrons. The molecule has 1 fully saturated rings. The van der Waals surface area contributed by atoms with E-state index in [-0.39, 0.29) is 18.4 Å². The van der Waals surface area contributed by atoms with Gasteiger partial charge in [-0.1, -0.05) is 0 Å². The van der Waals surface area contributed by atoms with Gasteiger partial charge in [-0.15, -0.1) is 0 Å². The van der Waals surface area contributed by atoms with Crippen molar-refractivity contribution >= 4 is 34.3 Å². The van der Waals surface area contributed by atoms with Crippen LogP contribution < -0.4 is 21.1 Å². The number of anilines is 2. The third-order valence-electron chi connectivity index (χ3n) is 6.67. The van der Waals surface area contributed by atoms with Crippen LogP contribution >= 0.6 is 0 Å². The summed E-state index contributed by atoms with van der Waals surface area (Å²) in [5.74, 6) is -0.123. The molecule has 0 spiro atoms. The smallest absolute Gasteiger partial charge is 0.420 e. The molecule has 1 atom stereocenters. The maximum atomic E-state index is 13.0. The highest BCUT2D eigenvalue weighted by Crippen LogP contribution is 2.33. The predicted molar refractivity (Wildman–Crippen MR) is 128 cm³/mol. The Kier molecular flexibility index (Phi) is 5.77. The second kappa shape index (κ2) is 8.89. The van der Waals surface area contributed by atoms with Crippen molar-refractivity contribution < 1.29 is 18.7 Å². The van der Waals surface area contributed by atoms with Crippen molar-refractivity contribution in [3.8, 4) is 5.75 Å². The van der Waals surface area contributed by atoms with Gasteiger partial charge in [0.1, 0.15) is 18.3 Å². The molecule has 9 heteroatoms. The van der Waals surface area contributed by atoms with Gasteiger partial charge in [-0.2, -0.15) is 0 Å². The number of piperidine rings is 1. The van der Waals surface area contributed by atoms with Crippen LogP contribution in [0.5, 0.6) is 5.75 Å². The molecule has 1 unspecified atom stereocenters. The van der Waals surface area contributed by atoms with Crippen LogP contribution in [0, 0.1) is 6.92 Å². The van der Waals surface area contributed by atoms with Gasteiger partial charge >= 0.3 is 5.76 Å². The molecule has 0 bridgehead atoms. The second-order valence-corrected chi connectivity index (χ2v) is 8.94. The summed E-state index contributed by atoms with van der Waals surface area (Å²) in [6.07, 6.45) is 3.65. The Bertz CT molecular complexity index is 1320. The molecule has 0 aliphatic carbocycles. The molecule has 34 heavy (non-hydrogen) atoms. The monoisotopic (exact) mass is 464 g/mol. The van der Waals surface area contributed by atoms with E-state index in [4.69, 9.17) is 9.15 Å². The Labute approximate surface area is 196 Å². The number of fused-ring (bicyclic) bond motifs is 2.